The van der Waals surface area contributed by atoms with Crippen molar-refractivity contribution in [3.63, 3.8) is 0 Å². The quantitative estimate of drug-likeness (QED) is 0.507. The summed E-state index contributed by atoms with van der Waals surface area (Å²) >= 11 is 0. The average molecular weight is 158 g/mol. The second kappa shape index (κ2) is 2.35. The van der Waals surface area contributed by atoms with Crippen LogP contribution in [0.15, 0.2) is 34.9 Å². The smallest absolute Gasteiger partial charge is 0.00234 e. The van der Waals surface area contributed by atoms with Crippen LogP contribution in [0.3, 0.4) is 0 Å². The topological polar surface area (TPSA) is 0 Å². The highest BCUT2D eigenvalue weighted by Crippen LogP contribution is 2.45. The maximum Gasteiger partial charge on any atom is 0.00234 e. The molecular formula is C12H14. The minimum absolute atomic E-state index is 0.802. The molecule has 0 aromatic carbocycles. The van der Waals surface area contributed by atoms with Crippen LogP contribution in [0.1, 0.15) is 32.1 Å². The van der Waals surface area contributed by atoms with E-state index in [2.05, 4.69) is 18.2 Å². The first kappa shape index (κ1) is 6.71. The van der Waals surface area contributed by atoms with Crippen molar-refractivity contribution in [3.05, 3.63) is 34.9 Å². The molecule has 0 nitrogen and oxygen atoms in total. The molecule has 0 radical (unpaired) electrons. The fraction of sp³-hybridized carbons (Fsp3) is 0.500. The van der Waals surface area contributed by atoms with Crippen molar-refractivity contribution in [3.8, 4) is 0 Å². The largest absolute Gasteiger partial charge is 0.0770 e. The Bertz CT molecular complexity index is 302. The molecule has 0 saturated carbocycles. The van der Waals surface area contributed by atoms with Gasteiger partial charge in [0.15, 0.2) is 0 Å². The van der Waals surface area contributed by atoms with Crippen LogP contribution in [0.25, 0.3) is 0 Å². The molecule has 0 fully saturated rings. The van der Waals surface area contributed by atoms with Crippen molar-refractivity contribution >= 4 is 0 Å². The Morgan fingerprint density at radius 2 is 2.17 bits per heavy atom. The predicted molar refractivity (Wildman–Crippen MR) is 50.8 cm³/mol. The monoisotopic (exact) mass is 158 g/mol. The zero-order valence-corrected chi connectivity index (χ0v) is 7.34. The number of rotatable bonds is 0. The van der Waals surface area contributed by atoms with E-state index >= 15 is 0 Å². The molecule has 3 aliphatic carbocycles. The van der Waals surface area contributed by atoms with Gasteiger partial charge < -0.3 is 0 Å². The summed E-state index contributed by atoms with van der Waals surface area (Å²) in [5, 5.41) is 0. The Labute approximate surface area is 73.7 Å². The third kappa shape index (κ3) is 0.782. The van der Waals surface area contributed by atoms with Crippen LogP contribution in [-0.4, -0.2) is 0 Å². The highest BCUT2D eigenvalue weighted by atomic mass is 14.3. The molecule has 0 aliphatic heterocycles. The molecule has 1 atom stereocenters. The molecule has 0 spiro atoms. The zero-order valence-electron chi connectivity index (χ0n) is 7.34. The molecule has 0 aromatic rings. The zero-order chi connectivity index (χ0) is 7.97. The van der Waals surface area contributed by atoms with E-state index in [9.17, 15) is 0 Å². The lowest BCUT2D eigenvalue weighted by atomic mass is 9.80. The Morgan fingerprint density at radius 3 is 3.17 bits per heavy atom. The van der Waals surface area contributed by atoms with Crippen LogP contribution in [0.2, 0.25) is 0 Å². The fourth-order valence-electron chi connectivity index (χ4n) is 2.89. The van der Waals surface area contributed by atoms with Gasteiger partial charge in [-0.1, -0.05) is 23.8 Å². The van der Waals surface area contributed by atoms with E-state index in [1.165, 1.54) is 32.1 Å². The Morgan fingerprint density at radius 1 is 1.17 bits per heavy atom. The summed E-state index contributed by atoms with van der Waals surface area (Å²) < 4.78 is 0. The van der Waals surface area contributed by atoms with Gasteiger partial charge in [-0.05, 0) is 43.3 Å². The van der Waals surface area contributed by atoms with Crippen LogP contribution < -0.4 is 0 Å². The summed E-state index contributed by atoms with van der Waals surface area (Å²) in [6, 6.07) is 0. The number of hydrogen-bond donors (Lipinski definition) is 0. The van der Waals surface area contributed by atoms with E-state index < -0.39 is 0 Å². The van der Waals surface area contributed by atoms with Gasteiger partial charge in [0, 0.05) is 5.92 Å². The van der Waals surface area contributed by atoms with E-state index in [4.69, 9.17) is 0 Å². The van der Waals surface area contributed by atoms with E-state index in [1.807, 2.05) is 0 Å². The van der Waals surface area contributed by atoms with Gasteiger partial charge in [-0.2, -0.15) is 0 Å². The third-order valence-corrected chi connectivity index (χ3v) is 3.43. The summed E-state index contributed by atoms with van der Waals surface area (Å²) in [4.78, 5) is 0. The molecule has 0 saturated heterocycles. The summed E-state index contributed by atoms with van der Waals surface area (Å²) in [7, 11) is 0. The van der Waals surface area contributed by atoms with Gasteiger partial charge >= 0.3 is 0 Å². The summed E-state index contributed by atoms with van der Waals surface area (Å²) in [6.07, 6.45) is 13.9. The lowest BCUT2D eigenvalue weighted by Crippen LogP contribution is -2.09. The molecule has 12 heavy (non-hydrogen) atoms. The standard InChI is InChI=1S/C12H14/c1-3-9-4-2-6-11-8-7-10(5-1)12(9)11/h1,3,5,9H,2,4,6-8H2. The van der Waals surface area contributed by atoms with Gasteiger partial charge in [-0.3, -0.25) is 0 Å². The Hall–Kier alpha value is -0.780. The summed E-state index contributed by atoms with van der Waals surface area (Å²) in [6.45, 7) is 0. The maximum atomic E-state index is 2.39. The second-order valence-electron chi connectivity index (χ2n) is 4.09. The minimum Gasteiger partial charge on any atom is -0.0770 e. The second-order valence-corrected chi connectivity index (χ2v) is 4.09. The van der Waals surface area contributed by atoms with Crippen molar-refractivity contribution in [1.29, 1.82) is 0 Å². The molecule has 3 rings (SSSR count). The van der Waals surface area contributed by atoms with E-state index in [0.717, 1.165) is 5.92 Å². The van der Waals surface area contributed by atoms with Gasteiger partial charge in [0.25, 0.3) is 0 Å². The minimum atomic E-state index is 0.802. The van der Waals surface area contributed by atoms with Crippen LogP contribution in [0.5, 0.6) is 0 Å². The summed E-state index contributed by atoms with van der Waals surface area (Å²) in [5.41, 5.74) is 5.17. The molecule has 1 unspecified atom stereocenters. The first-order valence-corrected chi connectivity index (χ1v) is 5.05. The molecular weight excluding hydrogens is 144 g/mol. The molecule has 62 valence electrons. The highest BCUT2D eigenvalue weighted by Gasteiger charge is 2.29. The van der Waals surface area contributed by atoms with Crippen molar-refractivity contribution in [2.75, 3.05) is 0 Å². The Balaban J connectivity index is 2.14. The van der Waals surface area contributed by atoms with Crippen molar-refractivity contribution in [2.45, 2.75) is 32.1 Å². The fourth-order valence-corrected chi connectivity index (χ4v) is 2.89. The highest BCUT2D eigenvalue weighted by molar-refractivity contribution is 5.49. The molecule has 0 amide bonds. The van der Waals surface area contributed by atoms with Crippen LogP contribution >= 0.6 is 0 Å². The number of hydrogen-bond acceptors (Lipinski definition) is 0. The van der Waals surface area contributed by atoms with Crippen LogP contribution in [0.4, 0.5) is 0 Å². The van der Waals surface area contributed by atoms with Gasteiger partial charge in [0.1, 0.15) is 0 Å². The molecule has 0 bridgehead atoms. The van der Waals surface area contributed by atoms with E-state index in [1.54, 1.807) is 16.7 Å². The molecule has 0 N–H and O–H groups in total. The van der Waals surface area contributed by atoms with Gasteiger partial charge in [0.05, 0.1) is 0 Å². The van der Waals surface area contributed by atoms with E-state index in [0.29, 0.717) is 0 Å². The number of allylic oxidation sites excluding steroid dienone is 6. The van der Waals surface area contributed by atoms with Crippen LogP contribution in [0, 0.1) is 5.92 Å². The normalized spacial score (nSPS) is 32.0. The van der Waals surface area contributed by atoms with E-state index in [-0.39, 0.29) is 0 Å². The first-order valence-electron chi connectivity index (χ1n) is 5.05. The lowest BCUT2D eigenvalue weighted by Gasteiger charge is -2.25. The van der Waals surface area contributed by atoms with Gasteiger partial charge in [-0.15, -0.1) is 0 Å². The SMILES string of the molecule is C1=CC2CCCC3=C2C(=C1)CC3. The van der Waals surface area contributed by atoms with Crippen molar-refractivity contribution in [1.82, 2.24) is 0 Å². The summed E-state index contributed by atoms with van der Waals surface area (Å²) in [5.74, 6) is 0.802. The molecule has 0 heterocycles. The lowest BCUT2D eigenvalue weighted by molar-refractivity contribution is 0.586. The predicted octanol–water partition coefficient (Wildman–Crippen LogP) is 3.37. The molecule has 3 aliphatic rings. The molecule has 0 heteroatoms. The Kier molecular flexibility index (Phi) is 1.31. The maximum absolute atomic E-state index is 2.39. The molecule has 0 aromatic heterocycles. The average Bonchev–Trinajstić information content (AvgIpc) is 2.52. The first-order chi connectivity index (χ1) is 5.95. The van der Waals surface area contributed by atoms with Crippen molar-refractivity contribution in [2.24, 2.45) is 5.92 Å². The van der Waals surface area contributed by atoms with Crippen molar-refractivity contribution < 1.29 is 0 Å². The third-order valence-electron chi connectivity index (χ3n) is 3.43. The van der Waals surface area contributed by atoms with Gasteiger partial charge in [-0.25, -0.2) is 0 Å². The van der Waals surface area contributed by atoms with Crippen LogP contribution in [-0.2, 0) is 0 Å². The van der Waals surface area contributed by atoms with Gasteiger partial charge in [0.2, 0.25) is 0 Å².